The minimum absolute atomic E-state index is 0.0390. The van der Waals surface area contributed by atoms with Gasteiger partial charge in [-0.1, -0.05) is 31.8 Å². The van der Waals surface area contributed by atoms with Crippen molar-refractivity contribution >= 4 is 15.9 Å². The van der Waals surface area contributed by atoms with Gasteiger partial charge in [0.2, 0.25) is 10.0 Å². The van der Waals surface area contributed by atoms with E-state index in [0.717, 1.165) is 19.3 Å². The molecule has 1 amide bonds. The van der Waals surface area contributed by atoms with Crippen LogP contribution in [0.15, 0.2) is 29.2 Å². The Kier molecular flexibility index (Phi) is 5.80. The van der Waals surface area contributed by atoms with Crippen LogP contribution in [0, 0.1) is 18.3 Å². The number of carbonyl (C=O) groups excluding carboxylic acids is 1. The fourth-order valence-electron chi connectivity index (χ4n) is 2.81. The molecule has 6 heteroatoms. The number of nitrogens with one attached hydrogen (secondary N) is 2. The topological polar surface area (TPSA) is 75.3 Å². The Bertz CT molecular complexity index is 707. The van der Waals surface area contributed by atoms with E-state index in [1.807, 2.05) is 0 Å². The van der Waals surface area contributed by atoms with Gasteiger partial charge in [0.25, 0.3) is 5.91 Å². The predicted molar refractivity (Wildman–Crippen MR) is 89.3 cm³/mol. The van der Waals surface area contributed by atoms with Crippen LogP contribution in [0.4, 0.5) is 0 Å². The normalized spacial score (nSPS) is 21.4. The van der Waals surface area contributed by atoms with Gasteiger partial charge in [-0.25, -0.2) is 8.42 Å². The van der Waals surface area contributed by atoms with Crippen molar-refractivity contribution in [2.45, 2.75) is 43.5 Å². The van der Waals surface area contributed by atoms with Crippen LogP contribution in [0.25, 0.3) is 0 Å². The summed E-state index contributed by atoms with van der Waals surface area (Å²) in [4.78, 5) is 12.4. The number of sulfonamides is 1. The molecule has 124 valence electrons. The zero-order valence-electron chi connectivity index (χ0n) is 13.2. The quantitative estimate of drug-likeness (QED) is 0.808. The van der Waals surface area contributed by atoms with E-state index < -0.39 is 10.0 Å². The van der Waals surface area contributed by atoms with Gasteiger partial charge in [0.05, 0.1) is 11.4 Å². The second-order valence-electron chi connectivity index (χ2n) is 5.90. The molecular weight excluding hydrogens is 312 g/mol. The van der Waals surface area contributed by atoms with Crippen LogP contribution < -0.4 is 10.0 Å². The number of carbonyl (C=O) groups is 1. The number of amides is 1. The fourth-order valence-corrected chi connectivity index (χ4v) is 3.79. The van der Waals surface area contributed by atoms with Crippen LogP contribution in [-0.2, 0) is 10.0 Å². The van der Waals surface area contributed by atoms with Gasteiger partial charge in [-0.05, 0) is 37.0 Å². The van der Waals surface area contributed by atoms with Crippen LogP contribution in [0.5, 0.6) is 0 Å². The van der Waals surface area contributed by atoms with Crippen molar-refractivity contribution in [1.29, 1.82) is 0 Å². The smallest absolute Gasteiger partial charge is 0.251 e. The monoisotopic (exact) mass is 334 g/mol. The van der Waals surface area contributed by atoms with Gasteiger partial charge in [-0.3, -0.25) is 4.79 Å². The van der Waals surface area contributed by atoms with Crippen molar-refractivity contribution in [3.05, 3.63) is 29.8 Å². The summed E-state index contributed by atoms with van der Waals surface area (Å²) in [5.41, 5.74) is 0.339. The molecule has 0 saturated heterocycles. The summed E-state index contributed by atoms with van der Waals surface area (Å²) in [6, 6.07) is 6.14. The second-order valence-corrected chi connectivity index (χ2v) is 7.67. The van der Waals surface area contributed by atoms with E-state index in [4.69, 9.17) is 6.42 Å². The van der Waals surface area contributed by atoms with E-state index in [1.54, 1.807) is 12.1 Å². The van der Waals surface area contributed by atoms with Crippen LogP contribution in [0.2, 0.25) is 0 Å². The molecule has 2 atom stereocenters. The van der Waals surface area contributed by atoms with E-state index in [2.05, 4.69) is 22.9 Å². The van der Waals surface area contributed by atoms with E-state index >= 15 is 0 Å². The molecule has 2 N–H and O–H groups in total. The first-order valence-electron chi connectivity index (χ1n) is 7.78. The molecule has 1 aromatic carbocycles. The van der Waals surface area contributed by atoms with Crippen LogP contribution in [-0.4, -0.2) is 26.9 Å². The first-order chi connectivity index (χ1) is 10.9. The predicted octanol–water partition coefficient (Wildman–Crippen LogP) is 1.91. The SMILES string of the molecule is C#CCNS(=O)(=O)c1cccc(C(=O)N[C@H]2CCCC[C@@H]2C)c1. The van der Waals surface area contributed by atoms with Crippen LogP contribution in [0.3, 0.4) is 0 Å². The van der Waals surface area contributed by atoms with Gasteiger partial charge in [-0.15, -0.1) is 6.42 Å². The molecule has 0 bridgehead atoms. The highest BCUT2D eigenvalue weighted by Gasteiger charge is 2.23. The average Bonchev–Trinajstić information content (AvgIpc) is 2.55. The molecule has 1 fully saturated rings. The molecule has 1 aromatic rings. The molecule has 0 spiro atoms. The highest BCUT2D eigenvalue weighted by atomic mass is 32.2. The van der Waals surface area contributed by atoms with Crippen molar-refractivity contribution in [3.8, 4) is 12.3 Å². The Labute approximate surface area is 137 Å². The highest BCUT2D eigenvalue weighted by molar-refractivity contribution is 7.89. The van der Waals surface area contributed by atoms with E-state index in [0.29, 0.717) is 11.5 Å². The summed E-state index contributed by atoms with van der Waals surface area (Å²) in [5, 5.41) is 3.02. The minimum atomic E-state index is -3.69. The van der Waals surface area contributed by atoms with Crippen molar-refractivity contribution in [3.63, 3.8) is 0 Å². The lowest BCUT2D eigenvalue weighted by Crippen LogP contribution is -2.41. The summed E-state index contributed by atoms with van der Waals surface area (Å²) >= 11 is 0. The third-order valence-electron chi connectivity index (χ3n) is 4.20. The summed E-state index contributed by atoms with van der Waals surface area (Å²) in [6.07, 6.45) is 9.45. The number of benzene rings is 1. The molecule has 23 heavy (non-hydrogen) atoms. The Morgan fingerprint density at radius 3 is 2.78 bits per heavy atom. The minimum Gasteiger partial charge on any atom is -0.349 e. The third-order valence-corrected chi connectivity index (χ3v) is 5.60. The average molecular weight is 334 g/mol. The Balaban J connectivity index is 2.13. The molecule has 1 saturated carbocycles. The maximum atomic E-state index is 12.4. The summed E-state index contributed by atoms with van der Waals surface area (Å²) in [7, 11) is -3.69. The highest BCUT2D eigenvalue weighted by Crippen LogP contribution is 2.24. The van der Waals surface area contributed by atoms with E-state index in [-0.39, 0.29) is 23.4 Å². The first kappa shape index (κ1) is 17.5. The lowest BCUT2D eigenvalue weighted by atomic mass is 9.86. The lowest BCUT2D eigenvalue weighted by molar-refractivity contribution is 0.0910. The van der Waals surface area contributed by atoms with Crippen molar-refractivity contribution in [1.82, 2.24) is 10.0 Å². The summed E-state index contributed by atoms with van der Waals surface area (Å²) in [6.45, 7) is 2.05. The van der Waals surface area contributed by atoms with Gasteiger partial charge in [0.15, 0.2) is 0 Å². The zero-order chi connectivity index (χ0) is 16.9. The molecule has 0 aromatic heterocycles. The maximum absolute atomic E-state index is 12.4. The van der Waals surface area contributed by atoms with Gasteiger partial charge in [-0.2, -0.15) is 4.72 Å². The summed E-state index contributed by atoms with van der Waals surface area (Å²) in [5.74, 6) is 2.42. The van der Waals surface area contributed by atoms with Crippen LogP contribution >= 0.6 is 0 Å². The largest absolute Gasteiger partial charge is 0.349 e. The van der Waals surface area contributed by atoms with Gasteiger partial charge in [0, 0.05) is 11.6 Å². The number of hydrogen-bond donors (Lipinski definition) is 2. The fraction of sp³-hybridized carbons (Fsp3) is 0.471. The number of terminal acetylenes is 1. The van der Waals surface area contributed by atoms with Gasteiger partial charge >= 0.3 is 0 Å². The van der Waals surface area contributed by atoms with Crippen molar-refractivity contribution in [2.24, 2.45) is 5.92 Å². The molecule has 0 heterocycles. The molecular formula is C17H22N2O3S. The molecule has 0 aliphatic heterocycles. The van der Waals surface area contributed by atoms with Crippen LogP contribution in [0.1, 0.15) is 43.0 Å². The Morgan fingerprint density at radius 1 is 1.35 bits per heavy atom. The Morgan fingerprint density at radius 2 is 2.09 bits per heavy atom. The molecule has 1 aliphatic carbocycles. The number of rotatable bonds is 5. The Hall–Kier alpha value is -1.84. The standard InChI is InChI=1S/C17H22N2O3S/c1-3-11-18-23(21,22)15-9-6-8-14(12-15)17(20)19-16-10-5-4-7-13(16)2/h1,6,8-9,12-13,16,18H,4-5,7,10-11H2,2H3,(H,19,20)/t13-,16-/m0/s1. The van der Waals surface area contributed by atoms with E-state index in [9.17, 15) is 13.2 Å². The maximum Gasteiger partial charge on any atom is 0.251 e. The molecule has 1 aliphatic rings. The zero-order valence-corrected chi connectivity index (χ0v) is 14.0. The summed E-state index contributed by atoms with van der Waals surface area (Å²) < 4.78 is 26.4. The lowest BCUT2D eigenvalue weighted by Gasteiger charge is -2.29. The molecule has 5 nitrogen and oxygen atoms in total. The van der Waals surface area contributed by atoms with Gasteiger partial charge < -0.3 is 5.32 Å². The molecule has 0 unspecified atom stereocenters. The second kappa shape index (κ2) is 7.62. The first-order valence-corrected chi connectivity index (χ1v) is 9.26. The van der Waals surface area contributed by atoms with Crippen molar-refractivity contribution in [2.75, 3.05) is 6.54 Å². The molecule has 2 rings (SSSR count). The third kappa shape index (κ3) is 4.57. The number of hydrogen-bond acceptors (Lipinski definition) is 3. The van der Waals surface area contributed by atoms with Crippen molar-refractivity contribution < 1.29 is 13.2 Å². The van der Waals surface area contributed by atoms with Gasteiger partial charge in [0.1, 0.15) is 0 Å². The molecule has 0 radical (unpaired) electrons. The van der Waals surface area contributed by atoms with E-state index in [1.165, 1.54) is 18.6 Å².